The third-order valence-electron chi connectivity index (χ3n) is 3.32. The first kappa shape index (κ1) is 16.2. The van der Waals surface area contributed by atoms with Gasteiger partial charge in [-0.1, -0.05) is 30.7 Å². The van der Waals surface area contributed by atoms with Crippen molar-refractivity contribution < 1.29 is 9.47 Å². The maximum atomic E-state index is 5.72. The Morgan fingerprint density at radius 1 is 0.909 bits per heavy atom. The molecule has 0 unspecified atom stereocenters. The largest absolute Gasteiger partial charge is 0.490 e. The van der Waals surface area contributed by atoms with Crippen molar-refractivity contribution in [3.8, 4) is 11.5 Å². The molecule has 0 radical (unpaired) electrons. The first-order valence-electron chi connectivity index (χ1n) is 7.92. The number of hydrogen-bond donors (Lipinski definition) is 1. The molecule has 0 heterocycles. The number of ether oxygens (including phenoxy) is 2. The number of aryl methyl sites for hydroxylation is 1. The van der Waals surface area contributed by atoms with Crippen LogP contribution in [0.25, 0.3) is 0 Å². The summed E-state index contributed by atoms with van der Waals surface area (Å²) in [5.41, 5.74) is 3.56. The summed E-state index contributed by atoms with van der Waals surface area (Å²) < 4.78 is 11.4. The minimum atomic E-state index is 0.636. The van der Waals surface area contributed by atoms with Gasteiger partial charge in [0.1, 0.15) is 0 Å². The lowest BCUT2D eigenvalue weighted by molar-refractivity contribution is 0.276. The van der Waals surface area contributed by atoms with Gasteiger partial charge in [0.2, 0.25) is 0 Å². The van der Waals surface area contributed by atoms with E-state index < -0.39 is 0 Å². The number of benzene rings is 2. The maximum absolute atomic E-state index is 5.72. The Morgan fingerprint density at radius 2 is 1.68 bits per heavy atom. The van der Waals surface area contributed by atoms with E-state index in [0.29, 0.717) is 13.2 Å². The van der Waals surface area contributed by atoms with Crippen LogP contribution in [0, 0.1) is 6.92 Å². The predicted octanol–water partition coefficient (Wildman–Crippen LogP) is 4.79. The fourth-order valence-corrected chi connectivity index (χ4v) is 2.14. The van der Waals surface area contributed by atoms with Crippen LogP contribution < -0.4 is 14.8 Å². The van der Waals surface area contributed by atoms with E-state index in [9.17, 15) is 0 Å². The van der Waals surface area contributed by atoms with E-state index in [1.54, 1.807) is 0 Å². The van der Waals surface area contributed by atoms with Crippen LogP contribution in [-0.2, 0) is 6.54 Å². The topological polar surface area (TPSA) is 30.5 Å². The molecule has 0 aliphatic carbocycles. The Bertz CT molecular complexity index is 578. The molecule has 0 aromatic heterocycles. The van der Waals surface area contributed by atoms with E-state index in [4.69, 9.17) is 9.47 Å². The number of rotatable bonds is 8. The van der Waals surface area contributed by atoms with E-state index in [-0.39, 0.29) is 0 Å². The normalized spacial score (nSPS) is 10.3. The second-order valence-electron chi connectivity index (χ2n) is 5.28. The van der Waals surface area contributed by atoms with Crippen LogP contribution in [0.2, 0.25) is 0 Å². The van der Waals surface area contributed by atoms with Gasteiger partial charge in [0, 0.05) is 12.2 Å². The van der Waals surface area contributed by atoms with Crippen molar-refractivity contribution >= 4 is 5.69 Å². The summed E-state index contributed by atoms with van der Waals surface area (Å²) in [6.07, 6.45) is 0.988. The molecule has 2 rings (SSSR count). The molecule has 22 heavy (non-hydrogen) atoms. The molecule has 3 nitrogen and oxygen atoms in total. The van der Waals surface area contributed by atoms with Gasteiger partial charge in [0.15, 0.2) is 11.5 Å². The van der Waals surface area contributed by atoms with Crippen LogP contribution in [0.15, 0.2) is 42.5 Å². The molecule has 2 aromatic rings. The number of anilines is 1. The second-order valence-corrected chi connectivity index (χ2v) is 5.28. The van der Waals surface area contributed by atoms with Crippen LogP contribution in [0.1, 0.15) is 31.4 Å². The van der Waals surface area contributed by atoms with Gasteiger partial charge in [-0.3, -0.25) is 0 Å². The van der Waals surface area contributed by atoms with E-state index in [0.717, 1.165) is 30.2 Å². The van der Waals surface area contributed by atoms with Gasteiger partial charge in [-0.2, -0.15) is 0 Å². The molecule has 0 saturated carbocycles. The molecule has 0 amide bonds. The van der Waals surface area contributed by atoms with Crippen LogP contribution in [0.3, 0.4) is 0 Å². The highest BCUT2D eigenvalue weighted by Gasteiger charge is 2.06. The summed E-state index contributed by atoms with van der Waals surface area (Å²) in [6.45, 7) is 8.28. The van der Waals surface area contributed by atoms with Crippen molar-refractivity contribution in [1.82, 2.24) is 0 Å². The predicted molar refractivity (Wildman–Crippen MR) is 91.9 cm³/mol. The van der Waals surface area contributed by atoms with Crippen molar-refractivity contribution in [1.29, 1.82) is 0 Å². The summed E-state index contributed by atoms with van der Waals surface area (Å²) in [7, 11) is 0. The number of hydrogen-bond acceptors (Lipinski definition) is 3. The highest BCUT2D eigenvalue weighted by molar-refractivity contribution is 5.47. The second kappa shape index (κ2) is 8.32. The van der Waals surface area contributed by atoms with E-state index >= 15 is 0 Å². The van der Waals surface area contributed by atoms with Gasteiger partial charge in [-0.15, -0.1) is 0 Å². The zero-order chi connectivity index (χ0) is 15.8. The molecule has 0 atom stereocenters. The third-order valence-corrected chi connectivity index (χ3v) is 3.32. The fourth-order valence-electron chi connectivity index (χ4n) is 2.14. The smallest absolute Gasteiger partial charge is 0.161 e. The van der Waals surface area contributed by atoms with E-state index in [1.165, 1.54) is 11.1 Å². The lowest BCUT2D eigenvalue weighted by atomic mass is 10.2. The summed E-state index contributed by atoms with van der Waals surface area (Å²) in [5, 5.41) is 3.42. The number of nitrogens with one attached hydrogen (secondary N) is 1. The lowest BCUT2D eigenvalue weighted by Crippen LogP contribution is -2.03. The SMILES string of the molecule is CCCOc1ccc(CNc2ccc(C)cc2)cc1OCC. The molecule has 0 bridgehead atoms. The van der Waals surface area contributed by atoms with Gasteiger partial charge < -0.3 is 14.8 Å². The molecule has 0 aliphatic rings. The van der Waals surface area contributed by atoms with Gasteiger partial charge >= 0.3 is 0 Å². The molecule has 3 heteroatoms. The maximum Gasteiger partial charge on any atom is 0.161 e. The van der Waals surface area contributed by atoms with Crippen molar-refractivity contribution in [2.24, 2.45) is 0 Å². The minimum Gasteiger partial charge on any atom is -0.490 e. The average molecular weight is 299 g/mol. The van der Waals surface area contributed by atoms with Gasteiger partial charge in [-0.25, -0.2) is 0 Å². The zero-order valence-corrected chi connectivity index (χ0v) is 13.7. The zero-order valence-electron chi connectivity index (χ0n) is 13.7. The monoisotopic (exact) mass is 299 g/mol. The average Bonchev–Trinajstić information content (AvgIpc) is 2.54. The Morgan fingerprint density at radius 3 is 2.36 bits per heavy atom. The minimum absolute atomic E-state index is 0.636. The lowest BCUT2D eigenvalue weighted by Gasteiger charge is -2.13. The summed E-state index contributed by atoms with van der Waals surface area (Å²) in [6, 6.07) is 14.5. The Kier molecular flexibility index (Phi) is 6.13. The Labute approximate surface area is 133 Å². The standard InChI is InChI=1S/C19H25NO2/c1-4-12-22-18-11-8-16(13-19(18)21-5-2)14-20-17-9-6-15(3)7-10-17/h6-11,13,20H,4-5,12,14H2,1-3H3. The first-order valence-corrected chi connectivity index (χ1v) is 7.92. The molecule has 0 aliphatic heterocycles. The molecule has 2 aromatic carbocycles. The molecule has 0 saturated heterocycles. The first-order chi connectivity index (χ1) is 10.7. The molecule has 1 N–H and O–H groups in total. The van der Waals surface area contributed by atoms with Crippen molar-refractivity contribution in [2.45, 2.75) is 33.7 Å². The molecule has 118 valence electrons. The molecule has 0 fully saturated rings. The van der Waals surface area contributed by atoms with Gasteiger partial charge in [-0.05, 0) is 50.1 Å². The molecular formula is C19H25NO2. The van der Waals surface area contributed by atoms with Crippen molar-refractivity contribution in [3.05, 3.63) is 53.6 Å². The van der Waals surface area contributed by atoms with E-state index in [1.807, 2.05) is 13.0 Å². The van der Waals surface area contributed by atoms with Gasteiger partial charge in [0.25, 0.3) is 0 Å². The highest BCUT2D eigenvalue weighted by Crippen LogP contribution is 2.29. The Balaban J connectivity index is 2.04. The Hall–Kier alpha value is -2.16. The summed E-state index contributed by atoms with van der Waals surface area (Å²) in [5.74, 6) is 1.64. The van der Waals surface area contributed by atoms with Crippen LogP contribution in [0.4, 0.5) is 5.69 Å². The van der Waals surface area contributed by atoms with E-state index in [2.05, 4.69) is 55.6 Å². The van der Waals surface area contributed by atoms with Crippen LogP contribution in [-0.4, -0.2) is 13.2 Å². The third kappa shape index (κ3) is 4.69. The fraction of sp³-hybridized carbons (Fsp3) is 0.368. The van der Waals surface area contributed by atoms with Crippen molar-refractivity contribution in [3.63, 3.8) is 0 Å². The van der Waals surface area contributed by atoms with Gasteiger partial charge in [0.05, 0.1) is 13.2 Å². The summed E-state index contributed by atoms with van der Waals surface area (Å²) >= 11 is 0. The quantitative estimate of drug-likeness (QED) is 0.760. The highest BCUT2D eigenvalue weighted by atomic mass is 16.5. The van der Waals surface area contributed by atoms with Crippen LogP contribution >= 0.6 is 0 Å². The van der Waals surface area contributed by atoms with Crippen LogP contribution in [0.5, 0.6) is 11.5 Å². The molecular weight excluding hydrogens is 274 g/mol. The molecule has 0 spiro atoms. The van der Waals surface area contributed by atoms with Crippen molar-refractivity contribution in [2.75, 3.05) is 18.5 Å². The summed E-state index contributed by atoms with van der Waals surface area (Å²) in [4.78, 5) is 0.